The standard InChI is InChI=1S/C21H28N2O4S/c24-18(23-19-22-5-6-28-19)12-13-1-3-20(4-2-13)25-21(27-26-20)16-8-14-7-15(10-16)11-17(21)9-14/h5-6,13-17H,1-4,7-12H2,(H,22,23,24). The second-order valence-corrected chi connectivity index (χ2v) is 10.6. The van der Waals surface area contributed by atoms with Gasteiger partial charge >= 0.3 is 0 Å². The van der Waals surface area contributed by atoms with Gasteiger partial charge in [-0.05, 0) is 62.7 Å². The van der Waals surface area contributed by atoms with Gasteiger partial charge in [-0.25, -0.2) is 4.98 Å². The maximum Gasteiger partial charge on any atom is 0.226 e. The van der Waals surface area contributed by atoms with Crippen LogP contribution in [0.25, 0.3) is 0 Å². The minimum Gasteiger partial charge on any atom is -0.312 e. The first-order chi connectivity index (χ1) is 13.6. The normalized spacial score (nSPS) is 46.5. The first kappa shape index (κ1) is 17.8. The van der Waals surface area contributed by atoms with Gasteiger partial charge in [0.15, 0.2) is 5.13 Å². The summed E-state index contributed by atoms with van der Waals surface area (Å²) in [5, 5.41) is 5.44. The number of hydrogen-bond donors (Lipinski definition) is 1. The second-order valence-electron chi connectivity index (χ2n) is 9.74. The molecule has 6 fully saturated rings. The van der Waals surface area contributed by atoms with E-state index in [2.05, 4.69) is 10.3 Å². The number of nitrogens with one attached hydrogen (secondary N) is 1. The Balaban J connectivity index is 1.07. The molecule has 152 valence electrons. The van der Waals surface area contributed by atoms with E-state index in [1.54, 1.807) is 6.20 Å². The van der Waals surface area contributed by atoms with Crippen LogP contribution >= 0.6 is 11.3 Å². The topological polar surface area (TPSA) is 69.7 Å². The van der Waals surface area contributed by atoms with Gasteiger partial charge in [-0.1, -0.05) is 0 Å². The zero-order chi connectivity index (χ0) is 18.8. The molecule has 5 aliphatic carbocycles. The van der Waals surface area contributed by atoms with Crippen molar-refractivity contribution in [3.63, 3.8) is 0 Å². The number of aromatic nitrogens is 1. The highest BCUT2D eigenvalue weighted by Crippen LogP contribution is 2.63. The van der Waals surface area contributed by atoms with Crippen LogP contribution in [0.3, 0.4) is 0 Å². The molecule has 5 saturated carbocycles. The summed E-state index contributed by atoms with van der Waals surface area (Å²) in [6, 6.07) is 0. The van der Waals surface area contributed by atoms with E-state index >= 15 is 0 Å². The van der Waals surface area contributed by atoms with Crippen molar-refractivity contribution in [2.75, 3.05) is 5.32 Å². The summed E-state index contributed by atoms with van der Waals surface area (Å²) < 4.78 is 6.74. The molecule has 6 aliphatic rings. The van der Waals surface area contributed by atoms with Crippen LogP contribution < -0.4 is 5.32 Å². The first-order valence-corrected chi connectivity index (χ1v) is 11.8. The zero-order valence-electron chi connectivity index (χ0n) is 16.1. The summed E-state index contributed by atoms with van der Waals surface area (Å²) >= 11 is 1.45. The van der Waals surface area contributed by atoms with Gasteiger partial charge in [-0.3, -0.25) is 4.79 Å². The SMILES string of the molecule is O=C(CC1CCC2(CC1)OOC1(O2)C2CC3CC(C2)CC1C3)Nc1nccs1. The van der Waals surface area contributed by atoms with Gasteiger partial charge in [0.25, 0.3) is 0 Å². The van der Waals surface area contributed by atoms with Crippen molar-refractivity contribution in [3.8, 4) is 0 Å². The van der Waals surface area contributed by atoms with Crippen LogP contribution in [0.2, 0.25) is 0 Å². The summed E-state index contributed by atoms with van der Waals surface area (Å²) in [5.74, 6) is 2.12. The van der Waals surface area contributed by atoms with Crippen LogP contribution in [0.4, 0.5) is 5.13 Å². The molecule has 1 amide bonds. The van der Waals surface area contributed by atoms with Gasteiger partial charge in [0.2, 0.25) is 17.5 Å². The minimum atomic E-state index is -0.586. The van der Waals surface area contributed by atoms with Crippen molar-refractivity contribution in [2.24, 2.45) is 29.6 Å². The number of nitrogens with zero attached hydrogens (tertiary/aromatic N) is 1. The van der Waals surface area contributed by atoms with Crippen LogP contribution in [0.5, 0.6) is 0 Å². The molecule has 0 aromatic carbocycles. The molecular formula is C21H28N2O4S. The van der Waals surface area contributed by atoms with Crippen molar-refractivity contribution in [2.45, 2.75) is 75.8 Å². The quantitative estimate of drug-likeness (QED) is 0.752. The molecule has 0 unspecified atom stereocenters. The highest BCUT2D eigenvalue weighted by Gasteiger charge is 2.66. The predicted octanol–water partition coefficient (Wildman–Crippen LogP) is 4.49. The average Bonchev–Trinajstić information content (AvgIpc) is 3.31. The number of anilines is 1. The molecule has 1 aromatic rings. The summed E-state index contributed by atoms with van der Waals surface area (Å²) in [4.78, 5) is 28.4. The van der Waals surface area contributed by atoms with E-state index in [1.165, 1.54) is 43.4 Å². The largest absolute Gasteiger partial charge is 0.312 e. The first-order valence-electron chi connectivity index (χ1n) is 10.9. The Bertz CT molecular complexity index is 716. The smallest absolute Gasteiger partial charge is 0.226 e. The molecule has 1 saturated heterocycles. The molecule has 1 aliphatic heterocycles. The zero-order valence-corrected chi connectivity index (χ0v) is 16.9. The number of ether oxygens (including phenoxy) is 1. The Morgan fingerprint density at radius 2 is 1.82 bits per heavy atom. The van der Waals surface area contributed by atoms with Crippen molar-refractivity contribution < 1.29 is 19.3 Å². The molecular weight excluding hydrogens is 376 g/mol. The molecule has 4 bridgehead atoms. The summed E-state index contributed by atoms with van der Waals surface area (Å²) in [7, 11) is 0. The Hall–Kier alpha value is -1.02. The highest BCUT2D eigenvalue weighted by atomic mass is 32.1. The van der Waals surface area contributed by atoms with Crippen molar-refractivity contribution in [1.82, 2.24) is 4.98 Å². The minimum absolute atomic E-state index is 0.0536. The molecule has 2 spiro atoms. The fourth-order valence-electron chi connectivity index (χ4n) is 6.83. The molecule has 2 heterocycles. The number of thiazole rings is 1. The summed E-state index contributed by atoms with van der Waals surface area (Å²) in [5.41, 5.74) is 0. The van der Waals surface area contributed by atoms with Crippen molar-refractivity contribution >= 4 is 22.4 Å². The van der Waals surface area contributed by atoms with E-state index in [1.807, 2.05) is 5.38 Å². The number of amides is 1. The van der Waals surface area contributed by atoms with Gasteiger partial charge < -0.3 is 10.1 Å². The lowest BCUT2D eigenvalue weighted by Crippen LogP contribution is -2.59. The monoisotopic (exact) mass is 404 g/mol. The Morgan fingerprint density at radius 3 is 2.46 bits per heavy atom. The number of hydrogen-bond acceptors (Lipinski definition) is 6. The highest BCUT2D eigenvalue weighted by molar-refractivity contribution is 7.13. The summed E-state index contributed by atoms with van der Waals surface area (Å²) in [6.07, 6.45) is 12.1. The maximum atomic E-state index is 12.3. The predicted molar refractivity (Wildman–Crippen MR) is 103 cm³/mol. The van der Waals surface area contributed by atoms with E-state index in [4.69, 9.17) is 14.5 Å². The molecule has 1 N–H and O–H groups in total. The van der Waals surface area contributed by atoms with E-state index < -0.39 is 11.6 Å². The third-order valence-electron chi connectivity index (χ3n) is 7.97. The Labute approximate surface area is 169 Å². The van der Waals surface area contributed by atoms with Crippen LogP contribution in [0.15, 0.2) is 11.6 Å². The van der Waals surface area contributed by atoms with Gasteiger partial charge in [-0.15, -0.1) is 11.3 Å². The van der Waals surface area contributed by atoms with Crippen molar-refractivity contribution in [1.29, 1.82) is 0 Å². The summed E-state index contributed by atoms with van der Waals surface area (Å²) in [6.45, 7) is 0. The molecule has 0 radical (unpaired) electrons. The molecule has 28 heavy (non-hydrogen) atoms. The van der Waals surface area contributed by atoms with Gasteiger partial charge in [-0.2, -0.15) is 9.78 Å². The Morgan fingerprint density at radius 1 is 1.11 bits per heavy atom. The van der Waals surface area contributed by atoms with E-state index in [-0.39, 0.29) is 5.91 Å². The molecule has 7 rings (SSSR count). The van der Waals surface area contributed by atoms with E-state index in [9.17, 15) is 4.79 Å². The van der Waals surface area contributed by atoms with E-state index in [0.717, 1.165) is 37.5 Å². The second kappa shape index (κ2) is 6.49. The number of rotatable bonds is 3. The van der Waals surface area contributed by atoms with Gasteiger partial charge in [0, 0.05) is 42.7 Å². The van der Waals surface area contributed by atoms with Crippen molar-refractivity contribution in [3.05, 3.63) is 11.6 Å². The van der Waals surface area contributed by atoms with Crippen LogP contribution in [-0.2, 0) is 19.3 Å². The molecule has 7 heteroatoms. The van der Waals surface area contributed by atoms with Crippen LogP contribution in [0.1, 0.15) is 64.2 Å². The fraction of sp³-hybridized carbons (Fsp3) is 0.810. The molecule has 1 aromatic heterocycles. The maximum absolute atomic E-state index is 12.3. The number of carbonyl (C=O) groups excluding carboxylic acids is 1. The van der Waals surface area contributed by atoms with Crippen LogP contribution in [0, 0.1) is 29.6 Å². The lowest BCUT2D eigenvalue weighted by atomic mass is 9.53. The molecule has 6 nitrogen and oxygen atoms in total. The average molecular weight is 405 g/mol. The molecule has 0 atom stereocenters. The van der Waals surface area contributed by atoms with Crippen LogP contribution in [-0.4, -0.2) is 22.5 Å². The fourth-order valence-corrected chi connectivity index (χ4v) is 7.38. The van der Waals surface area contributed by atoms with Gasteiger partial charge in [0.05, 0.1) is 0 Å². The lowest BCUT2D eigenvalue weighted by molar-refractivity contribution is -0.390. The number of carbonyl (C=O) groups is 1. The van der Waals surface area contributed by atoms with E-state index in [0.29, 0.717) is 29.3 Å². The Kier molecular flexibility index (Phi) is 4.13. The third kappa shape index (κ3) is 2.85. The lowest BCUT2D eigenvalue weighted by Gasteiger charge is -2.57. The third-order valence-corrected chi connectivity index (χ3v) is 8.65. The van der Waals surface area contributed by atoms with Gasteiger partial charge in [0.1, 0.15) is 0 Å².